The Labute approximate surface area is 157 Å². The van der Waals surface area contributed by atoms with Crippen molar-refractivity contribution >= 4 is 17.9 Å². The third-order valence-electron chi connectivity index (χ3n) is 3.92. The number of hydrogen-bond acceptors (Lipinski definition) is 3. The van der Waals surface area contributed by atoms with Crippen LogP contribution in [0, 0.1) is 6.92 Å². The zero-order valence-electron chi connectivity index (χ0n) is 14.9. The molecule has 1 heterocycles. The number of aryl methyl sites for hydroxylation is 1. The Morgan fingerprint density at radius 3 is 2.37 bits per heavy atom. The van der Waals surface area contributed by atoms with Gasteiger partial charge in [0.2, 0.25) is 0 Å². The van der Waals surface area contributed by atoms with E-state index < -0.39 is 5.91 Å². The summed E-state index contributed by atoms with van der Waals surface area (Å²) in [7, 11) is 0. The molecule has 5 heteroatoms. The second kappa shape index (κ2) is 8.67. The highest BCUT2D eigenvalue weighted by molar-refractivity contribution is 6.05. The molecule has 0 fully saturated rings. The lowest BCUT2D eigenvalue weighted by Crippen LogP contribution is -2.34. The second-order valence-corrected chi connectivity index (χ2v) is 6.05. The molecule has 0 saturated carbocycles. The number of furan rings is 1. The largest absolute Gasteiger partial charge is 0.467 e. The third kappa shape index (κ3) is 5.19. The molecule has 0 aliphatic carbocycles. The number of rotatable bonds is 6. The molecule has 0 aliphatic heterocycles. The van der Waals surface area contributed by atoms with Crippen LogP contribution in [0.25, 0.3) is 6.08 Å². The number of nitrogens with one attached hydrogen (secondary N) is 2. The lowest BCUT2D eigenvalue weighted by molar-refractivity contribution is -0.118. The fourth-order valence-corrected chi connectivity index (χ4v) is 2.45. The van der Waals surface area contributed by atoms with Crippen LogP contribution >= 0.6 is 0 Å². The molecule has 2 amide bonds. The molecule has 0 bridgehead atoms. The lowest BCUT2D eigenvalue weighted by atomic mass is 10.1. The Balaban J connectivity index is 1.78. The van der Waals surface area contributed by atoms with Crippen LogP contribution in [-0.4, -0.2) is 11.8 Å². The van der Waals surface area contributed by atoms with Gasteiger partial charge < -0.3 is 15.1 Å². The van der Waals surface area contributed by atoms with Gasteiger partial charge in [-0.15, -0.1) is 0 Å². The van der Waals surface area contributed by atoms with Crippen LogP contribution in [0.3, 0.4) is 0 Å². The van der Waals surface area contributed by atoms with Crippen molar-refractivity contribution in [3.8, 4) is 0 Å². The van der Waals surface area contributed by atoms with Gasteiger partial charge >= 0.3 is 0 Å². The highest BCUT2D eigenvalue weighted by Gasteiger charge is 2.15. The van der Waals surface area contributed by atoms with Gasteiger partial charge in [-0.05, 0) is 42.8 Å². The summed E-state index contributed by atoms with van der Waals surface area (Å²) >= 11 is 0. The van der Waals surface area contributed by atoms with E-state index >= 15 is 0 Å². The highest BCUT2D eigenvalue weighted by Crippen LogP contribution is 2.09. The normalized spacial score (nSPS) is 11.1. The molecule has 3 rings (SSSR count). The lowest BCUT2D eigenvalue weighted by Gasteiger charge is -2.11. The molecule has 0 radical (unpaired) electrons. The molecule has 3 aromatic rings. The van der Waals surface area contributed by atoms with E-state index in [9.17, 15) is 9.59 Å². The summed E-state index contributed by atoms with van der Waals surface area (Å²) in [4.78, 5) is 25.2. The van der Waals surface area contributed by atoms with E-state index in [1.165, 1.54) is 0 Å². The Bertz CT molecular complexity index is 927. The Hall–Kier alpha value is -3.60. The van der Waals surface area contributed by atoms with Gasteiger partial charge in [0.05, 0.1) is 12.8 Å². The maximum atomic E-state index is 12.6. The number of amides is 2. The summed E-state index contributed by atoms with van der Waals surface area (Å²) in [6.07, 6.45) is 3.19. The molecule has 0 atom stereocenters. The molecule has 2 aromatic carbocycles. The molecule has 136 valence electrons. The molecular weight excluding hydrogens is 340 g/mol. The molecule has 0 spiro atoms. The van der Waals surface area contributed by atoms with Crippen LogP contribution in [-0.2, 0) is 11.3 Å². The summed E-state index contributed by atoms with van der Waals surface area (Å²) in [5.74, 6) is -0.103. The monoisotopic (exact) mass is 360 g/mol. The molecule has 5 nitrogen and oxygen atoms in total. The Morgan fingerprint density at radius 2 is 1.70 bits per heavy atom. The predicted octanol–water partition coefficient (Wildman–Crippen LogP) is 3.68. The number of hydrogen-bond donors (Lipinski definition) is 2. The number of carbonyl (C=O) groups excluding carboxylic acids is 2. The summed E-state index contributed by atoms with van der Waals surface area (Å²) in [5, 5.41) is 5.47. The third-order valence-corrected chi connectivity index (χ3v) is 3.92. The standard InChI is InChI=1S/C22H20N2O3/c1-16-9-11-18(12-10-16)21(25)24-20(14-17-6-3-2-4-7-17)22(26)23-15-19-8-5-13-27-19/h2-14H,15H2,1H3,(H,23,26)(H,24,25). The molecule has 0 unspecified atom stereocenters. The van der Waals surface area contributed by atoms with Gasteiger partial charge in [0.25, 0.3) is 11.8 Å². The van der Waals surface area contributed by atoms with Crippen molar-refractivity contribution in [2.24, 2.45) is 0 Å². The van der Waals surface area contributed by atoms with Crippen molar-refractivity contribution in [3.05, 3.63) is 101 Å². The molecule has 0 aliphatic rings. The van der Waals surface area contributed by atoms with Crippen molar-refractivity contribution in [2.45, 2.75) is 13.5 Å². The molecule has 2 N–H and O–H groups in total. The van der Waals surface area contributed by atoms with Crippen molar-refractivity contribution in [2.75, 3.05) is 0 Å². The van der Waals surface area contributed by atoms with E-state index in [0.29, 0.717) is 11.3 Å². The highest BCUT2D eigenvalue weighted by atomic mass is 16.3. The van der Waals surface area contributed by atoms with E-state index in [0.717, 1.165) is 11.1 Å². The number of carbonyl (C=O) groups is 2. The average molecular weight is 360 g/mol. The minimum absolute atomic E-state index is 0.165. The van der Waals surface area contributed by atoms with Crippen LogP contribution < -0.4 is 10.6 Å². The first-order chi connectivity index (χ1) is 13.1. The summed E-state index contributed by atoms with van der Waals surface area (Å²) in [5.41, 5.74) is 2.52. The molecule has 1 aromatic heterocycles. The first kappa shape index (κ1) is 18.2. The fourth-order valence-electron chi connectivity index (χ4n) is 2.45. The van der Waals surface area contributed by atoms with Gasteiger partial charge in [0.15, 0.2) is 0 Å². The summed E-state index contributed by atoms with van der Waals surface area (Å²) in [6, 6.07) is 20.0. The molecular formula is C22H20N2O3. The van der Waals surface area contributed by atoms with Crippen molar-refractivity contribution < 1.29 is 14.0 Å². The van der Waals surface area contributed by atoms with Gasteiger partial charge in [0, 0.05) is 5.56 Å². The van der Waals surface area contributed by atoms with Crippen molar-refractivity contribution in [3.63, 3.8) is 0 Å². The molecule has 27 heavy (non-hydrogen) atoms. The van der Waals surface area contributed by atoms with Crippen LogP contribution in [0.5, 0.6) is 0 Å². The van der Waals surface area contributed by atoms with Gasteiger partial charge in [-0.2, -0.15) is 0 Å². The maximum Gasteiger partial charge on any atom is 0.268 e. The van der Waals surface area contributed by atoms with Crippen molar-refractivity contribution in [1.82, 2.24) is 10.6 Å². The first-order valence-electron chi connectivity index (χ1n) is 8.57. The zero-order valence-corrected chi connectivity index (χ0v) is 14.9. The Kier molecular flexibility index (Phi) is 5.84. The van der Waals surface area contributed by atoms with Crippen molar-refractivity contribution in [1.29, 1.82) is 0 Å². The molecule has 0 saturated heterocycles. The van der Waals surface area contributed by atoms with E-state index in [2.05, 4.69) is 10.6 Å². The topological polar surface area (TPSA) is 71.3 Å². The van der Waals surface area contributed by atoms with E-state index in [1.54, 1.807) is 36.6 Å². The second-order valence-electron chi connectivity index (χ2n) is 6.05. The minimum Gasteiger partial charge on any atom is -0.467 e. The first-order valence-corrected chi connectivity index (χ1v) is 8.57. The minimum atomic E-state index is -0.393. The van der Waals surface area contributed by atoms with Crippen LogP contribution in [0.15, 0.2) is 83.1 Å². The van der Waals surface area contributed by atoms with Gasteiger partial charge in [0.1, 0.15) is 11.5 Å². The van der Waals surface area contributed by atoms with Gasteiger partial charge in [-0.1, -0.05) is 48.0 Å². The van der Waals surface area contributed by atoms with Crippen LogP contribution in [0.4, 0.5) is 0 Å². The van der Waals surface area contributed by atoms with E-state index in [1.807, 2.05) is 49.4 Å². The van der Waals surface area contributed by atoms with Gasteiger partial charge in [-0.3, -0.25) is 9.59 Å². The average Bonchev–Trinajstić information content (AvgIpc) is 3.20. The summed E-state index contributed by atoms with van der Waals surface area (Å²) in [6.45, 7) is 2.18. The maximum absolute atomic E-state index is 12.6. The SMILES string of the molecule is Cc1ccc(C(=O)NC(=Cc2ccccc2)C(=O)NCc2ccco2)cc1. The zero-order chi connectivity index (χ0) is 19.1. The predicted molar refractivity (Wildman–Crippen MR) is 104 cm³/mol. The Morgan fingerprint density at radius 1 is 0.963 bits per heavy atom. The number of benzene rings is 2. The summed E-state index contributed by atoms with van der Waals surface area (Å²) < 4.78 is 5.22. The smallest absolute Gasteiger partial charge is 0.268 e. The van der Waals surface area contributed by atoms with E-state index in [-0.39, 0.29) is 18.1 Å². The van der Waals surface area contributed by atoms with E-state index in [4.69, 9.17) is 4.42 Å². The fraction of sp³-hybridized carbons (Fsp3) is 0.0909. The van der Waals surface area contributed by atoms with Crippen LogP contribution in [0.2, 0.25) is 0 Å². The van der Waals surface area contributed by atoms with Gasteiger partial charge in [-0.25, -0.2) is 0 Å². The quantitative estimate of drug-likeness (QED) is 0.659. The van der Waals surface area contributed by atoms with Crippen LogP contribution in [0.1, 0.15) is 27.2 Å².